The van der Waals surface area contributed by atoms with Crippen LogP contribution in [0.4, 0.5) is 15.3 Å². The largest absolute Gasteiger partial charge is 0.420 e. The number of ether oxygens (including phenoxy) is 1. The number of aliphatic hydroxyl groups is 1. The number of hydrogen-bond acceptors (Lipinski definition) is 4. The van der Waals surface area contributed by atoms with E-state index in [-0.39, 0.29) is 5.92 Å². The van der Waals surface area contributed by atoms with Gasteiger partial charge in [0.1, 0.15) is 0 Å². The third kappa shape index (κ3) is 8.86. The van der Waals surface area contributed by atoms with E-state index in [2.05, 4.69) is 44.7 Å². The van der Waals surface area contributed by atoms with Crippen molar-refractivity contribution in [3.8, 4) is 0 Å². The van der Waals surface area contributed by atoms with Gasteiger partial charge in [-0.3, -0.25) is 5.32 Å². The molecule has 1 rings (SSSR count). The molecule has 2 amide bonds. The average Bonchev–Trinajstić information content (AvgIpc) is 2.63. The minimum Gasteiger partial charge on any atom is -0.388 e. The van der Waals surface area contributed by atoms with Gasteiger partial charge in [0.2, 0.25) is 0 Å². The number of carbonyl (C=O) groups is 2. The van der Waals surface area contributed by atoms with Crippen molar-refractivity contribution < 1.29 is 19.4 Å². The first-order chi connectivity index (χ1) is 13.6. The van der Waals surface area contributed by atoms with Crippen LogP contribution in [-0.2, 0) is 4.74 Å². The van der Waals surface area contributed by atoms with Crippen LogP contribution in [0, 0.1) is 23.7 Å². The van der Waals surface area contributed by atoms with Gasteiger partial charge in [0.15, 0.2) is 0 Å². The zero-order chi connectivity index (χ0) is 22.0. The van der Waals surface area contributed by atoms with Crippen LogP contribution in [0.3, 0.4) is 0 Å². The van der Waals surface area contributed by atoms with Gasteiger partial charge in [0, 0.05) is 5.69 Å². The van der Waals surface area contributed by atoms with E-state index in [9.17, 15) is 14.7 Å². The molecule has 29 heavy (non-hydrogen) atoms. The number of anilines is 1. The molecule has 164 valence electrons. The van der Waals surface area contributed by atoms with Gasteiger partial charge in [-0.1, -0.05) is 72.4 Å². The fraction of sp³-hybridized carbons (Fsp3) is 0.652. The standard InChI is InChI=1S/C23H38N2O4/c1-6-8-17(15(2)3)9-7-10-20(16(4)5)21(26)18-11-13-19(14-12-18)25-23(28)29-22(24)27/h11-17,20-21,26H,6-10H2,1-5H3,(H2,24,27)(H,25,28). The predicted molar refractivity (Wildman–Crippen MR) is 117 cm³/mol. The third-order valence-electron chi connectivity index (χ3n) is 5.67. The first-order valence-corrected chi connectivity index (χ1v) is 10.7. The van der Waals surface area contributed by atoms with E-state index in [0.29, 0.717) is 17.5 Å². The Hall–Kier alpha value is -2.08. The molecule has 3 atom stereocenters. The van der Waals surface area contributed by atoms with E-state index in [4.69, 9.17) is 5.73 Å². The highest BCUT2D eigenvalue weighted by molar-refractivity contribution is 5.91. The Morgan fingerprint density at radius 3 is 2.14 bits per heavy atom. The summed E-state index contributed by atoms with van der Waals surface area (Å²) in [7, 11) is 0. The van der Waals surface area contributed by atoms with E-state index in [1.807, 2.05) is 0 Å². The summed E-state index contributed by atoms with van der Waals surface area (Å²) in [5.74, 6) is 1.97. The fourth-order valence-corrected chi connectivity index (χ4v) is 3.90. The molecule has 1 aromatic carbocycles. The molecular formula is C23H38N2O4. The summed E-state index contributed by atoms with van der Waals surface area (Å²) in [4.78, 5) is 22.0. The second kappa shape index (κ2) is 12.5. The van der Waals surface area contributed by atoms with Crippen molar-refractivity contribution in [3.63, 3.8) is 0 Å². The zero-order valence-corrected chi connectivity index (χ0v) is 18.5. The monoisotopic (exact) mass is 406 g/mol. The lowest BCUT2D eigenvalue weighted by Crippen LogP contribution is -2.22. The number of carbonyl (C=O) groups excluding carboxylic acids is 2. The summed E-state index contributed by atoms with van der Waals surface area (Å²) in [5.41, 5.74) is 6.09. The molecule has 0 fully saturated rings. The van der Waals surface area contributed by atoms with Crippen LogP contribution in [0.15, 0.2) is 24.3 Å². The number of rotatable bonds is 11. The van der Waals surface area contributed by atoms with Crippen molar-refractivity contribution in [1.82, 2.24) is 0 Å². The summed E-state index contributed by atoms with van der Waals surface area (Å²) >= 11 is 0. The SMILES string of the molecule is CCCC(CCCC(C(C)C)C(O)c1ccc(NC(=O)OC(N)=O)cc1)C(C)C. The molecule has 6 nitrogen and oxygen atoms in total. The third-order valence-corrected chi connectivity index (χ3v) is 5.67. The molecule has 0 aliphatic rings. The van der Waals surface area contributed by atoms with Gasteiger partial charge < -0.3 is 15.6 Å². The van der Waals surface area contributed by atoms with Crippen molar-refractivity contribution in [2.45, 2.75) is 72.8 Å². The number of amides is 2. The molecule has 0 aromatic heterocycles. The summed E-state index contributed by atoms with van der Waals surface area (Å²) in [6, 6.07) is 6.92. The second-order valence-corrected chi connectivity index (χ2v) is 8.53. The molecule has 0 radical (unpaired) electrons. The number of nitrogens with two attached hydrogens (primary N) is 1. The van der Waals surface area contributed by atoms with Gasteiger partial charge in [0.25, 0.3) is 0 Å². The van der Waals surface area contributed by atoms with Crippen LogP contribution in [0.5, 0.6) is 0 Å². The highest BCUT2D eigenvalue weighted by Gasteiger charge is 2.24. The average molecular weight is 407 g/mol. The van der Waals surface area contributed by atoms with Crippen molar-refractivity contribution in [1.29, 1.82) is 0 Å². The molecular weight excluding hydrogens is 368 g/mol. The minimum atomic E-state index is -1.16. The van der Waals surface area contributed by atoms with Crippen molar-refractivity contribution in [2.75, 3.05) is 5.32 Å². The predicted octanol–water partition coefficient (Wildman–Crippen LogP) is 5.86. The smallest absolute Gasteiger partial charge is 0.388 e. The Morgan fingerprint density at radius 1 is 1.03 bits per heavy atom. The van der Waals surface area contributed by atoms with Gasteiger partial charge in [-0.25, -0.2) is 9.59 Å². The van der Waals surface area contributed by atoms with E-state index < -0.39 is 18.3 Å². The quantitative estimate of drug-likeness (QED) is 0.400. The molecule has 3 unspecified atom stereocenters. The van der Waals surface area contributed by atoms with Gasteiger partial charge in [0.05, 0.1) is 6.10 Å². The molecule has 0 heterocycles. The molecule has 0 spiro atoms. The molecule has 0 saturated heterocycles. The summed E-state index contributed by atoms with van der Waals surface area (Å²) in [6.45, 7) is 11.1. The molecule has 0 aliphatic heterocycles. The number of benzene rings is 1. The topological polar surface area (TPSA) is 102 Å². The lowest BCUT2D eigenvalue weighted by molar-refractivity contribution is 0.0725. The Balaban J connectivity index is 2.70. The van der Waals surface area contributed by atoms with Crippen LogP contribution in [0.2, 0.25) is 0 Å². The van der Waals surface area contributed by atoms with E-state index in [1.54, 1.807) is 24.3 Å². The highest BCUT2D eigenvalue weighted by Crippen LogP contribution is 2.34. The maximum absolute atomic E-state index is 11.4. The zero-order valence-electron chi connectivity index (χ0n) is 18.5. The van der Waals surface area contributed by atoms with Crippen molar-refractivity contribution >= 4 is 17.9 Å². The first-order valence-electron chi connectivity index (χ1n) is 10.7. The number of nitrogens with one attached hydrogen (secondary N) is 1. The maximum Gasteiger partial charge on any atom is 0.420 e. The lowest BCUT2D eigenvalue weighted by Gasteiger charge is -2.28. The fourth-order valence-electron chi connectivity index (χ4n) is 3.90. The number of hydrogen-bond donors (Lipinski definition) is 3. The Morgan fingerprint density at radius 2 is 1.66 bits per heavy atom. The second-order valence-electron chi connectivity index (χ2n) is 8.53. The Bertz CT molecular complexity index is 628. The van der Waals surface area contributed by atoms with Gasteiger partial charge >= 0.3 is 12.2 Å². The van der Waals surface area contributed by atoms with E-state index in [0.717, 1.165) is 24.3 Å². The molecule has 0 bridgehead atoms. The first kappa shape index (κ1) is 25.0. The van der Waals surface area contributed by atoms with Crippen molar-refractivity contribution in [2.24, 2.45) is 29.4 Å². The summed E-state index contributed by atoms with van der Waals surface area (Å²) in [5, 5.41) is 13.4. The lowest BCUT2D eigenvalue weighted by atomic mass is 9.80. The van der Waals surface area contributed by atoms with Crippen LogP contribution >= 0.6 is 0 Å². The van der Waals surface area contributed by atoms with E-state index >= 15 is 0 Å². The van der Waals surface area contributed by atoms with Crippen LogP contribution in [-0.4, -0.2) is 17.3 Å². The van der Waals surface area contributed by atoms with Gasteiger partial charge in [-0.15, -0.1) is 0 Å². The molecule has 0 saturated carbocycles. The molecule has 6 heteroatoms. The summed E-state index contributed by atoms with van der Waals surface area (Å²) < 4.78 is 4.24. The molecule has 4 N–H and O–H groups in total. The Labute approximate surface area is 175 Å². The molecule has 0 aliphatic carbocycles. The van der Waals surface area contributed by atoms with Crippen LogP contribution in [0.25, 0.3) is 0 Å². The number of aliphatic hydroxyl groups excluding tert-OH is 1. The van der Waals surface area contributed by atoms with Gasteiger partial charge in [-0.05, 0) is 47.8 Å². The highest BCUT2D eigenvalue weighted by atomic mass is 16.6. The van der Waals surface area contributed by atoms with Crippen molar-refractivity contribution in [3.05, 3.63) is 29.8 Å². The molecule has 1 aromatic rings. The van der Waals surface area contributed by atoms with Crippen LogP contribution < -0.4 is 11.1 Å². The van der Waals surface area contributed by atoms with E-state index in [1.165, 1.54) is 19.3 Å². The summed E-state index contributed by atoms with van der Waals surface area (Å²) in [6.07, 6.45) is 3.12. The minimum absolute atomic E-state index is 0.170. The normalized spacial score (nSPS) is 14.5. The Kier molecular flexibility index (Phi) is 10.7. The van der Waals surface area contributed by atoms with Gasteiger partial charge in [-0.2, -0.15) is 0 Å². The number of primary amides is 1. The maximum atomic E-state index is 11.4. The van der Waals surface area contributed by atoms with Crippen LogP contribution in [0.1, 0.15) is 78.4 Å².